The van der Waals surface area contributed by atoms with E-state index in [9.17, 15) is 13.2 Å². The quantitative estimate of drug-likeness (QED) is 0.845. The maximum absolute atomic E-state index is 12.5. The number of carbonyl (C=O) groups excluding carboxylic acids is 1. The molecular formula is C14H16N2O3S2. The third kappa shape index (κ3) is 3.89. The Morgan fingerprint density at radius 1 is 1.33 bits per heavy atom. The van der Waals surface area contributed by atoms with E-state index in [1.165, 1.54) is 23.2 Å². The number of aromatic nitrogens is 1. The molecule has 21 heavy (non-hydrogen) atoms. The number of benzene rings is 1. The van der Waals surface area contributed by atoms with Gasteiger partial charge in [0.2, 0.25) is 5.91 Å². The van der Waals surface area contributed by atoms with Crippen LogP contribution < -0.4 is 4.90 Å². The van der Waals surface area contributed by atoms with Crippen LogP contribution in [0.15, 0.2) is 41.2 Å². The Balaban J connectivity index is 2.34. The Morgan fingerprint density at radius 3 is 2.52 bits per heavy atom. The van der Waals surface area contributed by atoms with Crippen LogP contribution >= 0.6 is 11.3 Å². The highest BCUT2D eigenvalue weighted by Gasteiger charge is 2.29. The Hall–Kier alpha value is -1.73. The first-order chi connectivity index (χ1) is 9.89. The second-order valence-corrected chi connectivity index (χ2v) is 7.80. The maximum atomic E-state index is 12.5. The molecule has 5 nitrogen and oxygen atoms in total. The van der Waals surface area contributed by atoms with E-state index in [-0.39, 0.29) is 6.54 Å². The molecule has 0 saturated heterocycles. The zero-order valence-electron chi connectivity index (χ0n) is 11.8. The first-order valence-electron chi connectivity index (χ1n) is 6.32. The highest BCUT2D eigenvalue weighted by Crippen LogP contribution is 2.19. The molecule has 1 unspecified atom stereocenters. The molecule has 1 aromatic heterocycles. The summed E-state index contributed by atoms with van der Waals surface area (Å²) < 4.78 is 23.3. The van der Waals surface area contributed by atoms with Crippen LogP contribution in [0.2, 0.25) is 0 Å². The van der Waals surface area contributed by atoms with Crippen LogP contribution in [0.5, 0.6) is 0 Å². The van der Waals surface area contributed by atoms with Gasteiger partial charge in [0.1, 0.15) is 5.25 Å². The molecule has 7 heteroatoms. The monoisotopic (exact) mass is 324 g/mol. The fourth-order valence-corrected chi connectivity index (χ4v) is 2.83. The number of rotatable bonds is 5. The van der Waals surface area contributed by atoms with Gasteiger partial charge in [-0.3, -0.25) is 4.79 Å². The first-order valence-corrected chi connectivity index (χ1v) is 9.21. The molecule has 0 spiro atoms. The van der Waals surface area contributed by atoms with E-state index < -0.39 is 21.0 Å². The lowest BCUT2D eigenvalue weighted by molar-refractivity contribution is -0.118. The summed E-state index contributed by atoms with van der Waals surface area (Å²) in [6.07, 6.45) is 1.07. The maximum Gasteiger partial charge on any atom is 0.245 e. The number of thiazole rings is 1. The molecule has 1 aromatic carbocycles. The molecule has 1 atom stereocenters. The van der Waals surface area contributed by atoms with Gasteiger partial charge in [0.25, 0.3) is 0 Å². The normalized spacial score (nSPS) is 12.9. The van der Waals surface area contributed by atoms with E-state index in [4.69, 9.17) is 0 Å². The van der Waals surface area contributed by atoms with Gasteiger partial charge >= 0.3 is 0 Å². The number of carbonyl (C=O) groups is 1. The molecule has 0 bridgehead atoms. The lowest BCUT2D eigenvalue weighted by Gasteiger charge is -2.24. The highest BCUT2D eigenvalue weighted by atomic mass is 32.2. The highest BCUT2D eigenvalue weighted by molar-refractivity contribution is 7.92. The first kappa shape index (κ1) is 15.7. The van der Waals surface area contributed by atoms with Crippen molar-refractivity contribution >= 4 is 32.8 Å². The molecule has 0 N–H and O–H groups in total. The number of sulfone groups is 1. The van der Waals surface area contributed by atoms with E-state index in [0.717, 1.165) is 11.9 Å². The molecule has 1 heterocycles. The zero-order valence-corrected chi connectivity index (χ0v) is 13.4. The summed E-state index contributed by atoms with van der Waals surface area (Å²) in [7, 11) is -3.44. The van der Waals surface area contributed by atoms with Crippen LogP contribution in [0.4, 0.5) is 5.69 Å². The number of hydrogen-bond donors (Lipinski definition) is 0. The molecule has 0 radical (unpaired) electrons. The Bertz CT molecular complexity index is 697. The predicted molar refractivity (Wildman–Crippen MR) is 84.1 cm³/mol. The van der Waals surface area contributed by atoms with Crippen molar-refractivity contribution in [1.29, 1.82) is 0 Å². The van der Waals surface area contributed by atoms with E-state index >= 15 is 0 Å². The minimum atomic E-state index is -3.44. The molecule has 2 rings (SSSR count). The summed E-state index contributed by atoms with van der Waals surface area (Å²) in [6, 6.07) is 9.01. The molecule has 0 aliphatic rings. The molecule has 112 valence electrons. The second kappa shape index (κ2) is 6.36. The zero-order chi connectivity index (χ0) is 15.5. The van der Waals surface area contributed by atoms with E-state index in [0.29, 0.717) is 5.69 Å². The summed E-state index contributed by atoms with van der Waals surface area (Å²) in [5.41, 5.74) is 3.08. The molecular weight excluding hydrogens is 308 g/mol. The number of hydrogen-bond acceptors (Lipinski definition) is 5. The molecule has 1 amide bonds. The summed E-state index contributed by atoms with van der Waals surface area (Å²) >= 11 is 1.44. The van der Waals surface area contributed by atoms with E-state index in [2.05, 4.69) is 4.98 Å². The van der Waals surface area contributed by atoms with Crippen molar-refractivity contribution < 1.29 is 13.2 Å². The van der Waals surface area contributed by atoms with Crippen LogP contribution in [-0.2, 0) is 21.2 Å². The van der Waals surface area contributed by atoms with Crippen molar-refractivity contribution in [2.24, 2.45) is 0 Å². The Morgan fingerprint density at radius 2 is 2.00 bits per heavy atom. The largest absolute Gasteiger partial charge is 0.305 e. The van der Waals surface area contributed by atoms with Crippen LogP contribution in [0.1, 0.15) is 12.6 Å². The second-order valence-electron chi connectivity index (χ2n) is 4.71. The van der Waals surface area contributed by atoms with Crippen LogP contribution in [-0.4, -0.2) is 30.8 Å². The van der Waals surface area contributed by atoms with Gasteiger partial charge in [0, 0.05) is 17.3 Å². The van der Waals surface area contributed by atoms with Gasteiger partial charge in [0.15, 0.2) is 9.84 Å². The molecule has 0 fully saturated rings. The predicted octanol–water partition coefficient (Wildman–Crippen LogP) is 2.11. The number of amides is 1. The van der Waals surface area contributed by atoms with Crippen molar-refractivity contribution in [2.45, 2.75) is 18.7 Å². The third-order valence-electron chi connectivity index (χ3n) is 3.13. The van der Waals surface area contributed by atoms with E-state index in [1.807, 2.05) is 23.6 Å². The fraction of sp³-hybridized carbons (Fsp3) is 0.286. The van der Waals surface area contributed by atoms with Gasteiger partial charge in [0.05, 0.1) is 17.7 Å². The average Bonchev–Trinajstić information content (AvgIpc) is 2.96. The number of nitrogens with zero attached hydrogens (tertiary/aromatic N) is 2. The Labute approximate surface area is 128 Å². The number of para-hydroxylation sites is 1. The lowest BCUT2D eigenvalue weighted by atomic mass is 10.2. The summed E-state index contributed by atoms with van der Waals surface area (Å²) in [5.74, 6) is -0.447. The average molecular weight is 324 g/mol. The smallest absolute Gasteiger partial charge is 0.245 e. The van der Waals surface area contributed by atoms with Gasteiger partial charge in [-0.25, -0.2) is 13.4 Å². The molecule has 0 aliphatic heterocycles. The van der Waals surface area contributed by atoms with Crippen LogP contribution in [0.3, 0.4) is 0 Å². The van der Waals surface area contributed by atoms with E-state index in [1.54, 1.807) is 17.6 Å². The van der Waals surface area contributed by atoms with Gasteiger partial charge in [-0.1, -0.05) is 18.2 Å². The molecule has 0 aliphatic carbocycles. The van der Waals surface area contributed by atoms with Gasteiger partial charge in [-0.05, 0) is 19.1 Å². The summed E-state index contributed by atoms with van der Waals surface area (Å²) in [5, 5.41) is 0.755. The number of anilines is 1. The van der Waals surface area contributed by atoms with Crippen molar-refractivity contribution in [2.75, 3.05) is 11.2 Å². The van der Waals surface area contributed by atoms with Crippen LogP contribution in [0, 0.1) is 0 Å². The fourth-order valence-electron chi connectivity index (χ4n) is 1.78. The minimum Gasteiger partial charge on any atom is -0.305 e. The molecule has 0 saturated carbocycles. The summed E-state index contributed by atoms with van der Waals surface area (Å²) in [6.45, 7) is 1.67. The van der Waals surface area contributed by atoms with Crippen molar-refractivity contribution in [3.8, 4) is 0 Å². The standard InChI is InChI=1S/C14H16N2O3S2/c1-11(21(2,18)19)14(17)16(8-12-9-20-10-15-12)13-6-4-3-5-7-13/h3-7,9-11H,8H2,1-2H3. The van der Waals surface area contributed by atoms with Gasteiger partial charge in [-0.15, -0.1) is 11.3 Å². The van der Waals surface area contributed by atoms with Crippen molar-refractivity contribution in [3.63, 3.8) is 0 Å². The van der Waals surface area contributed by atoms with Crippen LogP contribution in [0.25, 0.3) is 0 Å². The van der Waals surface area contributed by atoms with Gasteiger partial charge in [-0.2, -0.15) is 0 Å². The topological polar surface area (TPSA) is 67.3 Å². The van der Waals surface area contributed by atoms with Crippen molar-refractivity contribution in [3.05, 3.63) is 46.9 Å². The lowest BCUT2D eigenvalue weighted by Crippen LogP contribution is -2.41. The third-order valence-corrected chi connectivity index (χ3v) is 5.25. The van der Waals surface area contributed by atoms with Crippen molar-refractivity contribution in [1.82, 2.24) is 4.98 Å². The minimum absolute atomic E-state index is 0.256. The Kier molecular flexibility index (Phi) is 4.74. The molecule has 2 aromatic rings. The van der Waals surface area contributed by atoms with Gasteiger partial charge < -0.3 is 4.90 Å². The summed E-state index contributed by atoms with van der Waals surface area (Å²) in [4.78, 5) is 18.2. The SMILES string of the molecule is CC(C(=O)N(Cc1cscn1)c1ccccc1)S(C)(=O)=O.